The van der Waals surface area contributed by atoms with Crippen LogP contribution in [0.1, 0.15) is 43.9 Å². The number of aliphatic hydroxyl groups is 1. The maximum absolute atomic E-state index is 9.45. The largest absolute Gasteiger partial charge is 0.395 e. The maximum atomic E-state index is 9.45. The number of nitrogens with one attached hydrogen (secondary N) is 1. The molecule has 5 rings (SSSR count). The molecule has 1 fully saturated rings. The van der Waals surface area contributed by atoms with Crippen LogP contribution in [0.2, 0.25) is 0 Å². The number of hydrogen-bond donors (Lipinski definition) is 2. The van der Waals surface area contributed by atoms with Crippen molar-refractivity contribution in [1.82, 2.24) is 24.6 Å². The van der Waals surface area contributed by atoms with Gasteiger partial charge in [-0.2, -0.15) is 5.10 Å². The summed E-state index contributed by atoms with van der Waals surface area (Å²) in [5.41, 5.74) is 5.29. The predicted octanol–water partition coefficient (Wildman–Crippen LogP) is 5.31. The summed E-state index contributed by atoms with van der Waals surface area (Å²) < 4.78 is 2.02. The minimum Gasteiger partial charge on any atom is -0.395 e. The van der Waals surface area contributed by atoms with Crippen molar-refractivity contribution in [3.05, 3.63) is 72.8 Å². The summed E-state index contributed by atoms with van der Waals surface area (Å²) >= 11 is 0. The highest BCUT2D eigenvalue weighted by atomic mass is 16.3. The fraction of sp³-hybridized carbons (Fsp3) is 0.387. The van der Waals surface area contributed by atoms with Crippen molar-refractivity contribution in [3.8, 4) is 11.1 Å². The zero-order chi connectivity index (χ0) is 27.2. The van der Waals surface area contributed by atoms with Crippen LogP contribution in [0.5, 0.6) is 0 Å². The molecule has 0 unspecified atom stereocenters. The fourth-order valence-corrected chi connectivity index (χ4v) is 5.34. The van der Waals surface area contributed by atoms with Crippen molar-refractivity contribution in [3.63, 3.8) is 0 Å². The number of nitrogens with zero attached hydrogens (tertiary/aromatic N) is 6. The Bertz CT molecular complexity index is 1420. The average Bonchev–Trinajstić information content (AvgIpc) is 3.32. The molecule has 3 aromatic heterocycles. The molecule has 1 aliphatic rings. The molecule has 8 heteroatoms. The smallest absolute Gasteiger partial charge is 0.130 e. The summed E-state index contributed by atoms with van der Waals surface area (Å²) in [6.07, 6.45) is 10.5. The molecule has 204 valence electrons. The van der Waals surface area contributed by atoms with Gasteiger partial charge in [-0.15, -0.1) is 0 Å². The zero-order valence-electron chi connectivity index (χ0n) is 23.1. The Morgan fingerprint density at radius 2 is 1.87 bits per heavy atom. The molecule has 0 bridgehead atoms. The van der Waals surface area contributed by atoms with Gasteiger partial charge in [0.2, 0.25) is 0 Å². The number of anilines is 2. The number of fused-ring (bicyclic) bond motifs is 1. The number of piperidine rings is 1. The predicted molar refractivity (Wildman–Crippen MR) is 160 cm³/mol. The number of hydrogen-bond acceptors (Lipinski definition) is 7. The van der Waals surface area contributed by atoms with Crippen LogP contribution in [-0.2, 0) is 13.6 Å². The van der Waals surface area contributed by atoms with Crippen molar-refractivity contribution in [2.75, 3.05) is 43.0 Å². The lowest BCUT2D eigenvalue weighted by Gasteiger charge is -2.26. The van der Waals surface area contributed by atoms with Crippen LogP contribution in [0.15, 0.2) is 61.6 Å². The Balaban J connectivity index is 1.36. The maximum Gasteiger partial charge on any atom is 0.130 e. The lowest BCUT2D eigenvalue weighted by Crippen LogP contribution is -2.30. The van der Waals surface area contributed by atoms with Crippen LogP contribution in [0.25, 0.3) is 27.6 Å². The first-order valence-electron chi connectivity index (χ1n) is 14.0. The van der Waals surface area contributed by atoms with Gasteiger partial charge < -0.3 is 15.3 Å². The first kappa shape index (κ1) is 26.8. The molecule has 0 radical (unpaired) electrons. The Labute approximate surface area is 231 Å². The minimum atomic E-state index is 0.0902. The van der Waals surface area contributed by atoms with Crippen LogP contribution >= 0.6 is 0 Å². The third-order valence-electron chi connectivity index (χ3n) is 7.48. The number of aryl methyl sites for hydroxylation is 1. The average molecular weight is 526 g/mol. The van der Waals surface area contributed by atoms with Crippen LogP contribution < -0.4 is 10.2 Å². The molecular formula is C31H39N7O. The van der Waals surface area contributed by atoms with Gasteiger partial charge in [0, 0.05) is 61.3 Å². The number of aliphatic hydroxyl groups excluding tert-OH is 1. The van der Waals surface area contributed by atoms with Gasteiger partial charge in [-0.1, -0.05) is 32.1 Å². The van der Waals surface area contributed by atoms with Gasteiger partial charge in [-0.3, -0.25) is 9.58 Å². The molecule has 1 aliphatic heterocycles. The van der Waals surface area contributed by atoms with Crippen LogP contribution in [0.3, 0.4) is 0 Å². The first-order valence-corrected chi connectivity index (χ1v) is 14.0. The van der Waals surface area contributed by atoms with Gasteiger partial charge in [-0.25, -0.2) is 9.97 Å². The van der Waals surface area contributed by atoms with Gasteiger partial charge in [0.15, 0.2) is 0 Å². The van der Waals surface area contributed by atoms with Gasteiger partial charge in [-0.05, 0) is 67.6 Å². The molecule has 0 amide bonds. The van der Waals surface area contributed by atoms with Crippen molar-refractivity contribution in [2.24, 2.45) is 7.05 Å². The zero-order valence-corrected chi connectivity index (χ0v) is 23.1. The number of benzene rings is 1. The first-order chi connectivity index (χ1) is 19.1. The topological polar surface area (TPSA) is 82.3 Å². The van der Waals surface area contributed by atoms with Crippen molar-refractivity contribution >= 4 is 28.1 Å². The Kier molecular flexibility index (Phi) is 8.54. The van der Waals surface area contributed by atoms with E-state index in [-0.39, 0.29) is 6.61 Å². The highest BCUT2D eigenvalue weighted by molar-refractivity contribution is 5.90. The Morgan fingerprint density at radius 3 is 2.67 bits per heavy atom. The van der Waals surface area contributed by atoms with E-state index >= 15 is 0 Å². The molecule has 39 heavy (non-hydrogen) atoms. The van der Waals surface area contributed by atoms with Gasteiger partial charge >= 0.3 is 0 Å². The van der Waals surface area contributed by atoms with Crippen LogP contribution in [0, 0.1) is 0 Å². The summed E-state index contributed by atoms with van der Waals surface area (Å²) in [6.45, 7) is 11.1. The molecule has 8 nitrogen and oxygen atoms in total. The fourth-order valence-electron chi connectivity index (χ4n) is 5.34. The van der Waals surface area contributed by atoms with Gasteiger partial charge in [0.05, 0.1) is 18.5 Å². The summed E-state index contributed by atoms with van der Waals surface area (Å²) in [7, 11) is 2.04. The normalized spacial score (nSPS) is 14.0. The molecule has 1 saturated heterocycles. The number of likely N-dealkylation sites (tertiary alicyclic amines) is 1. The van der Waals surface area contributed by atoms with Gasteiger partial charge in [0.25, 0.3) is 0 Å². The summed E-state index contributed by atoms with van der Waals surface area (Å²) in [4.78, 5) is 13.8. The molecule has 0 saturated carbocycles. The van der Waals surface area contributed by atoms with E-state index in [0.717, 1.165) is 71.8 Å². The van der Waals surface area contributed by atoms with E-state index in [1.807, 2.05) is 36.3 Å². The molecule has 0 atom stereocenters. The molecule has 2 N–H and O–H groups in total. The highest BCUT2D eigenvalue weighted by Gasteiger charge is 2.17. The number of aromatic nitrogens is 4. The molecular weight excluding hydrogens is 486 g/mol. The van der Waals surface area contributed by atoms with E-state index in [2.05, 4.69) is 68.0 Å². The summed E-state index contributed by atoms with van der Waals surface area (Å²) in [5.74, 6) is 1.57. The monoisotopic (exact) mass is 525 g/mol. The van der Waals surface area contributed by atoms with E-state index in [4.69, 9.17) is 0 Å². The molecule has 4 heterocycles. The SMILES string of the molecule is C=C(Nc1cc2cc(-c3cnn(C)c3CN3CCCCC3)ccc2cn1)c1ccnc(N(CCC)CCO)c1. The highest BCUT2D eigenvalue weighted by Crippen LogP contribution is 2.30. The second kappa shape index (κ2) is 12.4. The van der Waals surface area contributed by atoms with Crippen molar-refractivity contribution in [1.29, 1.82) is 0 Å². The van der Waals surface area contributed by atoms with Crippen molar-refractivity contribution in [2.45, 2.75) is 39.2 Å². The van der Waals surface area contributed by atoms with E-state index in [1.54, 1.807) is 6.20 Å². The lowest BCUT2D eigenvalue weighted by molar-refractivity contribution is 0.216. The molecule has 1 aromatic carbocycles. The second-order valence-electron chi connectivity index (χ2n) is 10.3. The standard InChI is InChI=1S/C31H39N7O/c1-4-12-38(15-16-39)31-19-24(10-11-32-31)23(2)35-30-18-27-17-25(8-9-26(27)20-33-30)28-21-34-36(3)29(28)22-37-13-6-5-7-14-37/h8-11,17-21,39H,2,4-7,12-16,22H2,1,3H3,(H,33,35). The van der Waals surface area contributed by atoms with E-state index in [1.165, 1.54) is 30.5 Å². The molecule has 4 aromatic rings. The molecule has 0 aliphatic carbocycles. The Hall–Kier alpha value is -3.75. The molecule has 0 spiro atoms. The van der Waals surface area contributed by atoms with Crippen molar-refractivity contribution < 1.29 is 5.11 Å². The number of pyridine rings is 2. The minimum absolute atomic E-state index is 0.0902. The van der Waals surface area contributed by atoms with E-state index < -0.39 is 0 Å². The lowest BCUT2D eigenvalue weighted by atomic mass is 10.0. The second-order valence-corrected chi connectivity index (χ2v) is 10.3. The van der Waals surface area contributed by atoms with E-state index in [9.17, 15) is 5.11 Å². The van der Waals surface area contributed by atoms with Crippen LogP contribution in [-0.4, -0.2) is 62.5 Å². The summed E-state index contributed by atoms with van der Waals surface area (Å²) in [5, 5.41) is 19.6. The van der Waals surface area contributed by atoms with Crippen LogP contribution in [0.4, 0.5) is 11.6 Å². The third-order valence-corrected chi connectivity index (χ3v) is 7.48. The summed E-state index contributed by atoms with van der Waals surface area (Å²) in [6, 6.07) is 12.5. The number of rotatable bonds is 11. The van der Waals surface area contributed by atoms with Gasteiger partial charge in [0.1, 0.15) is 11.6 Å². The van der Waals surface area contributed by atoms with E-state index in [0.29, 0.717) is 6.54 Å². The quantitative estimate of drug-likeness (QED) is 0.275. The Morgan fingerprint density at radius 1 is 1.03 bits per heavy atom. The third kappa shape index (κ3) is 6.29.